The van der Waals surface area contributed by atoms with E-state index in [1.807, 2.05) is 19.1 Å². The van der Waals surface area contributed by atoms with Gasteiger partial charge in [0.1, 0.15) is 18.8 Å². The maximum Gasteiger partial charge on any atom is 0.329 e. The van der Waals surface area contributed by atoms with E-state index in [9.17, 15) is 14.4 Å². The summed E-state index contributed by atoms with van der Waals surface area (Å²) in [4.78, 5) is 38.5. The molecule has 2 aromatic rings. The number of amides is 4. The molecule has 0 unspecified atom stereocenters. The number of nitrogens with one attached hydrogen (secondary N) is 2. The van der Waals surface area contributed by atoms with Crippen LogP contribution in [0, 0.1) is 12.3 Å². The first-order chi connectivity index (χ1) is 15.9. The molecular weight excluding hydrogens is 490 g/mol. The molecular formula is C24H22BrN3O5. The summed E-state index contributed by atoms with van der Waals surface area (Å²) in [7, 11) is 1.47. The number of hydrogen-bond donors (Lipinski definition) is 2. The lowest BCUT2D eigenvalue weighted by atomic mass is 10.1. The molecule has 1 saturated heterocycles. The van der Waals surface area contributed by atoms with Gasteiger partial charge < -0.3 is 20.1 Å². The van der Waals surface area contributed by atoms with E-state index < -0.39 is 24.4 Å². The number of halogens is 1. The van der Waals surface area contributed by atoms with Gasteiger partial charge in [-0.25, -0.2) is 9.69 Å². The number of para-hydroxylation sites is 1. The second-order valence-electron chi connectivity index (χ2n) is 6.96. The zero-order valence-corrected chi connectivity index (χ0v) is 19.7. The first-order valence-electron chi connectivity index (χ1n) is 10.0. The monoisotopic (exact) mass is 511 g/mol. The Kier molecular flexibility index (Phi) is 7.74. The van der Waals surface area contributed by atoms with Crippen LogP contribution in [-0.2, 0) is 16.0 Å². The second kappa shape index (κ2) is 10.7. The highest BCUT2D eigenvalue weighted by molar-refractivity contribution is 9.10. The fourth-order valence-corrected chi connectivity index (χ4v) is 3.64. The summed E-state index contributed by atoms with van der Waals surface area (Å²) in [5.74, 6) is 2.12. The average molecular weight is 512 g/mol. The summed E-state index contributed by atoms with van der Waals surface area (Å²) < 4.78 is 11.4. The lowest BCUT2D eigenvalue weighted by molar-refractivity contribution is -0.127. The lowest BCUT2D eigenvalue weighted by Crippen LogP contribution is -2.38. The molecule has 1 aliphatic heterocycles. The normalized spacial score (nSPS) is 14.1. The van der Waals surface area contributed by atoms with Crippen molar-refractivity contribution >= 4 is 45.5 Å². The molecule has 9 heteroatoms. The summed E-state index contributed by atoms with van der Waals surface area (Å²) in [6.07, 6.45) is 7.45. The predicted molar refractivity (Wildman–Crippen MR) is 128 cm³/mol. The van der Waals surface area contributed by atoms with Gasteiger partial charge >= 0.3 is 6.03 Å². The van der Waals surface area contributed by atoms with Crippen molar-refractivity contribution in [3.8, 4) is 23.8 Å². The molecule has 33 heavy (non-hydrogen) atoms. The van der Waals surface area contributed by atoms with Gasteiger partial charge in [0, 0.05) is 10.2 Å². The van der Waals surface area contributed by atoms with Crippen LogP contribution in [0.2, 0.25) is 0 Å². The number of rotatable bonds is 8. The van der Waals surface area contributed by atoms with Crippen LogP contribution in [-0.4, -0.2) is 43.0 Å². The van der Waals surface area contributed by atoms with Crippen molar-refractivity contribution in [3.63, 3.8) is 0 Å². The number of urea groups is 1. The molecule has 4 amide bonds. The Hall–Kier alpha value is -3.77. The van der Waals surface area contributed by atoms with Crippen molar-refractivity contribution in [1.82, 2.24) is 10.2 Å². The maximum absolute atomic E-state index is 12.8. The third kappa shape index (κ3) is 5.54. The third-order valence-electron chi connectivity index (χ3n) is 4.83. The Morgan fingerprint density at radius 1 is 1.27 bits per heavy atom. The SMILES string of the molecule is C#CCOc1cc(Br)c(/C=C2/NC(=O)N(CC(=O)Nc3ccccc3CC)C2=O)cc1OC. The fourth-order valence-electron chi connectivity index (χ4n) is 3.21. The molecule has 170 valence electrons. The van der Waals surface area contributed by atoms with E-state index in [1.54, 1.807) is 24.3 Å². The van der Waals surface area contributed by atoms with Crippen molar-refractivity contribution in [2.75, 3.05) is 25.6 Å². The number of carbonyl (C=O) groups excluding carboxylic acids is 3. The first kappa shape index (κ1) is 23.9. The molecule has 8 nitrogen and oxygen atoms in total. The molecule has 0 aromatic heterocycles. The van der Waals surface area contributed by atoms with Crippen molar-refractivity contribution < 1.29 is 23.9 Å². The van der Waals surface area contributed by atoms with Crippen LogP contribution in [0.3, 0.4) is 0 Å². The smallest absolute Gasteiger partial charge is 0.329 e. The number of imide groups is 1. The first-order valence-corrected chi connectivity index (χ1v) is 10.8. The highest BCUT2D eigenvalue weighted by Gasteiger charge is 2.35. The number of anilines is 1. The second-order valence-corrected chi connectivity index (χ2v) is 7.81. The highest BCUT2D eigenvalue weighted by atomic mass is 79.9. The molecule has 0 aliphatic carbocycles. The van der Waals surface area contributed by atoms with E-state index in [2.05, 4.69) is 32.5 Å². The van der Waals surface area contributed by atoms with Crippen LogP contribution in [0.1, 0.15) is 18.1 Å². The molecule has 3 rings (SSSR count). The van der Waals surface area contributed by atoms with E-state index in [0.29, 0.717) is 27.2 Å². The van der Waals surface area contributed by atoms with Gasteiger partial charge in [-0.05, 0) is 41.8 Å². The van der Waals surface area contributed by atoms with Crippen molar-refractivity contribution in [2.45, 2.75) is 13.3 Å². The quantitative estimate of drug-likeness (QED) is 0.320. The summed E-state index contributed by atoms with van der Waals surface area (Å²) in [6.45, 7) is 1.63. The molecule has 0 bridgehead atoms. The fraction of sp³-hybridized carbons (Fsp3) is 0.208. The van der Waals surface area contributed by atoms with Crippen LogP contribution < -0.4 is 20.1 Å². The molecule has 2 N–H and O–H groups in total. The molecule has 1 aliphatic rings. The lowest BCUT2D eigenvalue weighted by Gasteiger charge is -2.13. The number of nitrogens with zero attached hydrogens (tertiary/aromatic N) is 1. The average Bonchev–Trinajstić information content (AvgIpc) is 3.06. The summed E-state index contributed by atoms with van der Waals surface area (Å²) >= 11 is 3.42. The van der Waals surface area contributed by atoms with Gasteiger partial charge in [0.25, 0.3) is 5.91 Å². The molecule has 0 atom stereocenters. The van der Waals surface area contributed by atoms with Gasteiger partial charge in [-0.15, -0.1) is 6.42 Å². The van der Waals surface area contributed by atoms with Crippen molar-refractivity contribution in [1.29, 1.82) is 0 Å². The Labute approximate surface area is 200 Å². The largest absolute Gasteiger partial charge is 0.493 e. The molecule has 0 spiro atoms. The maximum atomic E-state index is 12.8. The predicted octanol–water partition coefficient (Wildman–Crippen LogP) is 3.56. The number of ether oxygens (including phenoxy) is 2. The van der Waals surface area contributed by atoms with Crippen LogP contribution in [0.4, 0.5) is 10.5 Å². The van der Waals surface area contributed by atoms with Gasteiger partial charge in [0.15, 0.2) is 11.5 Å². The number of aryl methyl sites for hydroxylation is 1. The number of benzene rings is 2. The number of hydrogen-bond acceptors (Lipinski definition) is 5. The van der Waals surface area contributed by atoms with Crippen LogP contribution >= 0.6 is 15.9 Å². The number of carbonyl (C=O) groups is 3. The van der Waals surface area contributed by atoms with E-state index in [4.69, 9.17) is 15.9 Å². The number of methoxy groups -OCH3 is 1. The topological polar surface area (TPSA) is 97.0 Å². The standard InChI is InChI=1S/C24H22BrN3O5/c1-4-10-33-21-13-17(25)16(12-20(21)32-3)11-19-23(30)28(24(31)27-19)14-22(29)26-18-9-7-6-8-15(18)5-2/h1,6-9,11-13H,5,10,14H2,2-3H3,(H,26,29)(H,27,31)/b19-11+. The molecule has 0 radical (unpaired) electrons. The Morgan fingerprint density at radius 2 is 2.03 bits per heavy atom. The third-order valence-corrected chi connectivity index (χ3v) is 5.52. The Morgan fingerprint density at radius 3 is 2.73 bits per heavy atom. The molecule has 1 fully saturated rings. The minimum Gasteiger partial charge on any atom is -0.493 e. The van der Waals surface area contributed by atoms with E-state index >= 15 is 0 Å². The number of terminal acetylenes is 1. The van der Waals surface area contributed by atoms with E-state index in [0.717, 1.165) is 16.9 Å². The molecule has 0 saturated carbocycles. The van der Waals surface area contributed by atoms with E-state index in [1.165, 1.54) is 13.2 Å². The zero-order chi connectivity index (χ0) is 24.0. The molecule has 2 aromatic carbocycles. The van der Waals surface area contributed by atoms with Crippen LogP contribution in [0.5, 0.6) is 11.5 Å². The molecule has 1 heterocycles. The van der Waals surface area contributed by atoms with Crippen molar-refractivity contribution in [3.05, 3.63) is 57.7 Å². The van der Waals surface area contributed by atoms with Gasteiger partial charge in [-0.1, -0.05) is 47.0 Å². The summed E-state index contributed by atoms with van der Waals surface area (Å²) in [5.41, 5.74) is 2.20. The van der Waals surface area contributed by atoms with Gasteiger partial charge in [0.05, 0.1) is 7.11 Å². The minimum absolute atomic E-state index is 0.0294. The highest BCUT2D eigenvalue weighted by Crippen LogP contribution is 2.35. The van der Waals surface area contributed by atoms with Crippen LogP contribution in [0.15, 0.2) is 46.6 Å². The minimum atomic E-state index is -0.678. The van der Waals surface area contributed by atoms with Gasteiger partial charge in [0.2, 0.25) is 5.91 Å². The van der Waals surface area contributed by atoms with Gasteiger partial charge in [-0.2, -0.15) is 0 Å². The summed E-state index contributed by atoms with van der Waals surface area (Å²) in [6, 6.07) is 9.97. The zero-order valence-electron chi connectivity index (χ0n) is 18.1. The van der Waals surface area contributed by atoms with E-state index in [-0.39, 0.29) is 12.3 Å². The Balaban J connectivity index is 1.77. The van der Waals surface area contributed by atoms with Crippen LogP contribution in [0.25, 0.3) is 6.08 Å². The van der Waals surface area contributed by atoms with Crippen molar-refractivity contribution in [2.24, 2.45) is 0 Å². The summed E-state index contributed by atoms with van der Waals surface area (Å²) in [5, 5.41) is 5.26. The Bertz CT molecular complexity index is 1170. The van der Waals surface area contributed by atoms with Gasteiger partial charge in [-0.3, -0.25) is 9.59 Å².